The lowest BCUT2D eigenvalue weighted by Gasteiger charge is -2.31. The van der Waals surface area contributed by atoms with Crippen LogP contribution in [0.25, 0.3) is 0 Å². The van der Waals surface area contributed by atoms with E-state index in [-0.39, 0.29) is 11.8 Å². The molecule has 1 amide bonds. The molecule has 0 saturated carbocycles. The molecule has 8 heteroatoms. The van der Waals surface area contributed by atoms with Gasteiger partial charge in [0.15, 0.2) is 0 Å². The first-order valence-electron chi connectivity index (χ1n) is 16.8. The van der Waals surface area contributed by atoms with Crippen LogP contribution >= 0.6 is 0 Å². The molecule has 46 heavy (non-hydrogen) atoms. The molecule has 1 unspecified atom stereocenters. The van der Waals surface area contributed by atoms with E-state index in [2.05, 4.69) is 44.1 Å². The minimum atomic E-state index is -0.267. The molecule has 0 spiro atoms. The number of hydrogen-bond acceptors (Lipinski definition) is 6. The minimum absolute atomic E-state index is 0.0689. The summed E-state index contributed by atoms with van der Waals surface area (Å²) < 4.78 is 19.5. The summed E-state index contributed by atoms with van der Waals surface area (Å²) in [5, 5.41) is 4.56. The van der Waals surface area contributed by atoms with Crippen LogP contribution < -0.4 is 9.64 Å². The molecule has 0 radical (unpaired) electrons. The van der Waals surface area contributed by atoms with Gasteiger partial charge >= 0.3 is 0 Å². The lowest BCUT2D eigenvalue weighted by Crippen LogP contribution is -2.36. The molecular weight excluding hydrogens is 576 g/mol. The number of fused-ring (bicyclic) bond motifs is 1. The summed E-state index contributed by atoms with van der Waals surface area (Å²) in [7, 11) is 0. The topological polar surface area (TPSA) is 78.7 Å². The Morgan fingerprint density at radius 1 is 0.957 bits per heavy atom. The van der Waals surface area contributed by atoms with Gasteiger partial charge in [-0.2, -0.15) is 5.10 Å². The fourth-order valence-electron chi connectivity index (χ4n) is 5.84. The van der Waals surface area contributed by atoms with E-state index >= 15 is 0 Å². The van der Waals surface area contributed by atoms with Gasteiger partial charge in [-0.3, -0.25) is 14.5 Å². The van der Waals surface area contributed by atoms with E-state index in [0.29, 0.717) is 45.4 Å². The first-order chi connectivity index (χ1) is 22.5. The Bertz CT molecular complexity index is 1500. The predicted octanol–water partition coefficient (Wildman–Crippen LogP) is 7.47. The molecule has 2 aromatic heterocycles. The second kappa shape index (κ2) is 17.1. The molecule has 244 valence electrons. The number of pyridine rings is 1. The van der Waals surface area contributed by atoms with Gasteiger partial charge in [0.25, 0.3) is 0 Å². The number of carbonyl (C=O) groups excluding carboxylic acids is 1. The first kappa shape index (κ1) is 33.4. The molecule has 1 atom stereocenters. The molecule has 0 N–H and O–H groups in total. The van der Waals surface area contributed by atoms with Gasteiger partial charge < -0.3 is 19.1 Å². The van der Waals surface area contributed by atoms with Crippen LogP contribution in [0.1, 0.15) is 86.2 Å². The van der Waals surface area contributed by atoms with Crippen molar-refractivity contribution in [3.8, 4) is 5.75 Å². The zero-order valence-electron chi connectivity index (χ0n) is 27.6. The summed E-state index contributed by atoms with van der Waals surface area (Å²) in [6.45, 7) is 10.4. The second-order valence-electron chi connectivity index (χ2n) is 12.3. The van der Waals surface area contributed by atoms with Crippen molar-refractivity contribution in [1.82, 2.24) is 14.8 Å². The Labute approximate surface area is 273 Å². The van der Waals surface area contributed by atoms with Gasteiger partial charge in [0.2, 0.25) is 5.91 Å². The average Bonchev–Trinajstić information content (AvgIpc) is 3.54. The Morgan fingerprint density at radius 3 is 2.54 bits per heavy atom. The smallest absolute Gasteiger partial charge is 0.234 e. The Kier molecular flexibility index (Phi) is 12.4. The van der Waals surface area contributed by atoms with Crippen LogP contribution in [0, 0.1) is 0 Å². The minimum Gasteiger partial charge on any atom is -0.489 e. The summed E-state index contributed by atoms with van der Waals surface area (Å²) in [6, 6.07) is 20.4. The summed E-state index contributed by atoms with van der Waals surface area (Å²) in [4.78, 5) is 21.1. The molecule has 4 aromatic rings. The molecule has 0 fully saturated rings. The average molecular weight is 625 g/mol. The van der Waals surface area contributed by atoms with Crippen molar-refractivity contribution in [3.63, 3.8) is 0 Å². The van der Waals surface area contributed by atoms with Crippen molar-refractivity contribution in [2.45, 2.75) is 84.4 Å². The van der Waals surface area contributed by atoms with E-state index in [1.807, 2.05) is 70.6 Å². The number of unbranched alkanes of at least 4 members (excludes halogenated alkanes) is 1. The number of rotatable bonds is 17. The number of nitrogens with zero attached hydrogens (tertiary/aromatic N) is 4. The van der Waals surface area contributed by atoms with Crippen molar-refractivity contribution in [2.24, 2.45) is 0 Å². The van der Waals surface area contributed by atoms with Crippen molar-refractivity contribution in [1.29, 1.82) is 0 Å². The fraction of sp³-hybridized carbons (Fsp3) is 0.447. The summed E-state index contributed by atoms with van der Waals surface area (Å²) in [5.41, 5.74) is 6.07. The van der Waals surface area contributed by atoms with E-state index in [9.17, 15) is 4.79 Å². The third kappa shape index (κ3) is 9.04. The zero-order chi connectivity index (χ0) is 32.1. The van der Waals surface area contributed by atoms with Gasteiger partial charge in [-0.05, 0) is 66.5 Å². The van der Waals surface area contributed by atoms with Gasteiger partial charge in [-0.15, -0.1) is 0 Å². The standard InChI is InChI=1S/C38H48N4O4/c1-4-5-20-44-22-23-45-21-19-41-26-31(24-40-41)27-42(32-17-18-36(29(2)3)39-25-32)38(43)35-15-9-14-34-33(35)13-10-16-37(34)46-28-30-11-7-6-8-12-30/h6-8,10-13,16-18,24-26,29,35H,4-5,9,14-15,19-23,27-28H2,1-3H3. The maximum atomic E-state index is 14.5. The largest absolute Gasteiger partial charge is 0.489 e. The van der Waals surface area contributed by atoms with Crippen LogP contribution in [-0.2, 0) is 40.4 Å². The van der Waals surface area contributed by atoms with E-state index < -0.39 is 0 Å². The highest BCUT2D eigenvalue weighted by Gasteiger charge is 2.32. The van der Waals surface area contributed by atoms with Gasteiger partial charge in [0, 0.05) is 24.1 Å². The lowest BCUT2D eigenvalue weighted by molar-refractivity contribution is -0.120. The van der Waals surface area contributed by atoms with Gasteiger partial charge in [-0.1, -0.05) is 69.7 Å². The molecule has 0 saturated heterocycles. The van der Waals surface area contributed by atoms with E-state index in [0.717, 1.165) is 78.1 Å². The van der Waals surface area contributed by atoms with Crippen molar-refractivity contribution >= 4 is 11.6 Å². The van der Waals surface area contributed by atoms with Crippen LogP contribution in [0.2, 0.25) is 0 Å². The summed E-state index contributed by atoms with van der Waals surface area (Å²) in [5.74, 6) is 0.974. The summed E-state index contributed by atoms with van der Waals surface area (Å²) >= 11 is 0. The maximum absolute atomic E-state index is 14.5. The Hall–Kier alpha value is -4.01. The Balaban J connectivity index is 1.30. The lowest BCUT2D eigenvalue weighted by atomic mass is 9.81. The van der Waals surface area contributed by atoms with Crippen LogP contribution in [0.15, 0.2) is 79.3 Å². The number of aromatic nitrogens is 3. The number of carbonyl (C=O) groups is 1. The molecule has 5 rings (SSSR count). The zero-order valence-corrected chi connectivity index (χ0v) is 27.6. The van der Waals surface area contributed by atoms with Gasteiger partial charge in [-0.25, -0.2) is 0 Å². The van der Waals surface area contributed by atoms with Gasteiger partial charge in [0.1, 0.15) is 12.4 Å². The van der Waals surface area contributed by atoms with Crippen LogP contribution in [0.3, 0.4) is 0 Å². The predicted molar refractivity (Wildman–Crippen MR) is 181 cm³/mol. The third-order valence-electron chi connectivity index (χ3n) is 8.45. The molecule has 0 aliphatic heterocycles. The van der Waals surface area contributed by atoms with E-state index in [4.69, 9.17) is 19.2 Å². The molecular formula is C38H48N4O4. The van der Waals surface area contributed by atoms with E-state index in [1.54, 1.807) is 0 Å². The quantitative estimate of drug-likeness (QED) is 0.113. The highest BCUT2D eigenvalue weighted by molar-refractivity contribution is 5.98. The summed E-state index contributed by atoms with van der Waals surface area (Å²) in [6.07, 6.45) is 10.5. The molecule has 1 aliphatic rings. The molecule has 1 aliphatic carbocycles. The normalized spacial score (nSPS) is 14.3. The first-order valence-corrected chi connectivity index (χ1v) is 16.8. The number of benzene rings is 2. The molecule has 2 aromatic carbocycles. The highest BCUT2D eigenvalue weighted by Crippen LogP contribution is 2.39. The number of anilines is 1. The number of ether oxygens (including phenoxy) is 3. The number of amides is 1. The monoisotopic (exact) mass is 624 g/mol. The maximum Gasteiger partial charge on any atom is 0.234 e. The van der Waals surface area contributed by atoms with Gasteiger partial charge in [0.05, 0.1) is 56.9 Å². The molecule has 2 heterocycles. The molecule has 8 nitrogen and oxygen atoms in total. The van der Waals surface area contributed by atoms with Crippen LogP contribution in [0.5, 0.6) is 5.75 Å². The SMILES string of the molecule is CCCCOCCOCCn1cc(CN(C(=O)C2CCCc3c(OCc4ccccc4)cccc32)c2ccc(C(C)C)nc2)cn1. The van der Waals surface area contributed by atoms with Crippen molar-refractivity contribution < 1.29 is 19.0 Å². The highest BCUT2D eigenvalue weighted by atomic mass is 16.5. The van der Waals surface area contributed by atoms with Crippen LogP contribution in [-0.4, -0.2) is 47.1 Å². The van der Waals surface area contributed by atoms with Crippen molar-refractivity contribution in [2.75, 3.05) is 31.3 Å². The van der Waals surface area contributed by atoms with E-state index in [1.165, 1.54) is 0 Å². The Morgan fingerprint density at radius 2 is 1.78 bits per heavy atom. The fourth-order valence-corrected chi connectivity index (χ4v) is 5.84. The third-order valence-corrected chi connectivity index (χ3v) is 8.45. The molecule has 0 bridgehead atoms. The van der Waals surface area contributed by atoms with Crippen LogP contribution in [0.4, 0.5) is 5.69 Å². The number of hydrogen-bond donors (Lipinski definition) is 0. The van der Waals surface area contributed by atoms with Crippen molar-refractivity contribution in [3.05, 3.63) is 107 Å². The second-order valence-corrected chi connectivity index (χ2v) is 12.3.